The van der Waals surface area contributed by atoms with Crippen LogP contribution >= 0.6 is 0 Å². The lowest BCUT2D eigenvalue weighted by molar-refractivity contribution is 0.364. The third-order valence-electron chi connectivity index (χ3n) is 5.00. The van der Waals surface area contributed by atoms with E-state index in [0.717, 1.165) is 48.3 Å². The number of piperidine rings is 1. The van der Waals surface area contributed by atoms with Gasteiger partial charge in [-0.3, -0.25) is 4.68 Å². The zero-order chi connectivity index (χ0) is 17.6. The summed E-state index contributed by atoms with van der Waals surface area (Å²) in [6.45, 7) is 3.84. The van der Waals surface area contributed by atoms with Crippen molar-refractivity contribution in [3.05, 3.63) is 36.4 Å². The number of rotatable bonds is 2. The summed E-state index contributed by atoms with van der Waals surface area (Å²) in [5, 5.41) is 18.1. The third kappa shape index (κ3) is 2.75. The maximum Gasteiger partial charge on any atom is 0.107 e. The van der Waals surface area contributed by atoms with Crippen LogP contribution in [-0.4, -0.2) is 38.0 Å². The van der Waals surface area contributed by atoms with Crippen LogP contribution in [0.5, 0.6) is 0 Å². The Kier molecular flexibility index (Phi) is 3.51. The zero-order valence-electron chi connectivity index (χ0n) is 14.5. The van der Waals surface area contributed by atoms with Crippen LogP contribution in [0.25, 0.3) is 16.6 Å². The molecule has 0 unspecified atom stereocenters. The molecule has 0 spiro atoms. The number of pyridine rings is 1. The molecule has 7 nitrogen and oxygen atoms in total. The molecule has 0 saturated carbocycles. The van der Waals surface area contributed by atoms with E-state index in [9.17, 15) is 5.26 Å². The summed E-state index contributed by atoms with van der Waals surface area (Å²) in [6.07, 6.45) is 9.24. The number of fused-ring (bicyclic) bond motifs is 1. The van der Waals surface area contributed by atoms with Gasteiger partial charge in [-0.15, -0.1) is 0 Å². The lowest BCUT2D eigenvalue weighted by Crippen LogP contribution is -2.48. The van der Waals surface area contributed by atoms with E-state index in [-0.39, 0.29) is 5.54 Å². The first-order chi connectivity index (χ1) is 12.0. The highest BCUT2D eigenvalue weighted by Crippen LogP contribution is 2.33. The Morgan fingerprint density at radius 1 is 1.16 bits per heavy atom. The quantitative estimate of drug-likeness (QED) is 0.773. The predicted molar refractivity (Wildman–Crippen MR) is 96.1 cm³/mol. The summed E-state index contributed by atoms with van der Waals surface area (Å²) >= 11 is 0. The average Bonchev–Trinajstić information content (AvgIpc) is 3.20. The van der Waals surface area contributed by atoms with Crippen molar-refractivity contribution < 1.29 is 0 Å². The van der Waals surface area contributed by atoms with E-state index in [0.29, 0.717) is 5.56 Å². The Morgan fingerprint density at radius 3 is 2.56 bits per heavy atom. The molecule has 0 aliphatic carbocycles. The molecule has 3 aromatic heterocycles. The highest BCUT2D eigenvalue weighted by atomic mass is 15.3. The van der Waals surface area contributed by atoms with E-state index in [1.807, 2.05) is 25.6 Å². The number of hydrogen-bond acceptors (Lipinski definition) is 5. The van der Waals surface area contributed by atoms with Crippen LogP contribution < -0.4 is 10.6 Å². The van der Waals surface area contributed by atoms with Crippen LogP contribution in [0.4, 0.5) is 5.69 Å². The minimum absolute atomic E-state index is 0.119. The number of nitrogens with zero attached hydrogens (tertiary/aromatic N) is 6. The van der Waals surface area contributed by atoms with Crippen molar-refractivity contribution in [1.82, 2.24) is 19.4 Å². The monoisotopic (exact) mass is 335 g/mol. The summed E-state index contributed by atoms with van der Waals surface area (Å²) < 4.78 is 3.58. The van der Waals surface area contributed by atoms with Gasteiger partial charge in [0.15, 0.2) is 0 Å². The lowest BCUT2D eigenvalue weighted by atomic mass is 9.90. The smallest absolute Gasteiger partial charge is 0.107 e. The van der Waals surface area contributed by atoms with Crippen LogP contribution in [0.3, 0.4) is 0 Å². The number of nitriles is 1. The van der Waals surface area contributed by atoms with Crippen LogP contribution in [0, 0.1) is 11.3 Å². The van der Waals surface area contributed by atoms with Crippen molar-refractivity contribution in [2.24, 2.45) is 12.8 Å². The van der Waals surface area contributed by atoms with Gasteiger partial charge in [0.2, 0.25) is 0 Å². The molecule has 1 fully saturated rings. The average molecular weight is 335 g/mol. The van der Waals surface area contributed by atoms with Crippen molar-refractivity contribution in [2.75, 3.05) is 18.0 Å². The van der Waals surface area contributed by atoms with Gasteiger partial charge in [0.1, 0.15) is 11.6 Å². The van der Waals surface area contributed by atoms with Gasteiger partial charge in [-0.1, -0.05) is 0 Å². The first-order valence-corrected chi connectivity index (χ1v) is 8.41. The summed E-state index contributed by atoms with van der Waals surface area (Å²) in [6, 6.07) is 4.39. The highest BCUT2D eigenvalue weighted by Gasteiger charge is 2.28. The second kappa shape index (κ2) is 5.60. The molecular formula is C18H21N7. The first kappa shape index (κ1) is 15.7. The topological polar surface area (TPSA) is 88.2 Å². The molecule has 0 radical (unpaired) electrons. The predicted octanol–water partition coefficient (Wildman–Crippen LogP) is 1.92. The molecule has 128 valence electrons. The Hall–Kier alpha value is -2.85. The fourth-order valence-electron chi connectivity index (χ4n) is 3.41. The number of anilines is 1. The van der Waals surface area contributed by atoms with Gasteiger partial charge in [0.25, 0.3) is 0 Å². The van der Waals surface area contributed by atoms with Gasteiger partial charge in [0.05, 0.1) is 23.6 Å². The van der Waals surface area contributed by atoms with Crippen LogP contribution in [-0.2, 0) is 7.05 Å². The highest BCUT2D eigenvalue weighted by molar-refractivity contribution is 5.83. The molecule has 7 heteroatoms. The largest absolute Gasteiger partial charge is 0.370 e. The maximum absolute atomic E-state index is 9.46. The van der Waals surface area contributed by atoms with Crippen molar-refractivity contribution in [2.45, 2.75) is 25.3 Å². The van der Waals surface area contributed by atoms with E-state index in [4.69, 9.17) is 5.73 Å². The molecule has 1 saturated heterocycles. The molecular weight excluding hydrogens is 314 g/mol. The van der Waals surface area contributed by atoms with E-state index < -0.39 is 0 Å². The fraction of sp³-hybridized carbons (Fsp3) is 0.389. The van der Waals surface area contributed by atoms with Gasteiger partial charge < -0.3 is 10.6 Å². The summed E-state index contributed by atoms with van der Waals surface area (Å²) in [4.78, 5) is 2.31. The molecule has 2 N–H and O–H groups in total. The second-order valence-corrected chi connectivity index (χ2v) is 7.12. The Bertz CT molecular complexity index is 963. The maximum atomic E-state index is 9.46. The molecule has 4 heterocycles. The number of aryl methyl sites for hydroxylation is 1. The van der Waals surface area contributed by atoms with E-state index in [1.54, 1.807) is 15.4 Å². The zero-order valence-corrected chi connectivity index (χ0v) is 14.5. The first-order valence-electron chi connectivity index (χ1n) is 8.41. The number of aromatic nitrogens is 4. The van der Waals surface area contributed by atoms with Gasteiger partial charge in [-0.25, -0.2) is 4.52 Å². The Labute approximate surface area is 146 Å². The van der Waals surface area contributed by atoms with E-state index in [1.165, 1.54) is 0 Å². The minimum Gasteiger partial charge on any atom is -0.370 e. The standard InChI is InChI=1S/C18H21N7/c1-18(20)3-5-24(6-4-18)16-7-13(15-10-21-23(2)11-15)12-25-17(16)14(8-19)9-22-25/h7,9-12H,3-6,20H2,1-2H3. The Balaban J connectivity index is 1.85. The molecule has 3 aromatic rings. The summed E-state index contributed by atoms with van der Waals surface area (Å²) in [5.74, 6) is 0. The molecule has 0 amide bonds. The van der Waals surface area contributed by atoms with Crippen molar-refractivity contribution >= 4 is 11.2 Å². The Morgan fingerprint density at radius 2 is 1.92 bits per heavy atom. The normalized spacial score (nSPS) is 17.0. The molecule has 1 aliphatic heterocycles. The van der Waals surface area contributed by atoms with Gasteiger partial charge >= 0.3 is 0 Å². The molecule has 0 aromatic carbocycles. The van der Waals surface area contributed by atoms with Crippen LogP contribution in [0.15, 0.2) is 30.9 Å². The van der Waals surface area contributed by atoms with Crippen LogP contribution in [0.2, 0.25) is 0 Å². The second-order valence-electron chi connectivity index (χ2n) is 7.12. The van der Waals surface area contributed by atoms with Crippen LogP contribution in [0.1, 0.15) is 25.3 Å². The third-order valence-corrected chi connectivity index (χ3v) is 5.00. The fourth-order valence-corrected chi connectivity index (χ4v) is 3.41. The van der Waals surface area contributed by atoms with Gasteiger partial charge in [-0.05, 0) is 25.8 Å². The van der Waals surface area contributed by atoms with Gasteiger partial charge in [0, 0.05) is 49.2 Å². The van der Waals surface area contributed by atoms with E-state index >= 15 is 0 Å². The molecule has 4 rings (SSSR count). The molecule has 25 heavy (non-hydrogen) atoms. The molecule has 0 atom stereocenters. The number of hydrogen-bond donors (Lipinski definition) is 1. The van der Waals surface area contributed by atoms with Gasteiger partial charge in [-0.2, -0.15) is 15.5 Å². The van der Waals surface area contributed by atoms with Crippen molar-refractivity contribution in [1.29, 1.82) is 5.26 Å². The van der Waals surface area contributed by atoms with Crippen molar-refractivity contribution in [3.8, 4) is 17.2 Å². The lowest BCUT2D eigenvalue weighted by Gasteiger charge is -2.38. The number of nitrogens with two attached hydrogens (primary N) is 1. The molecule has 0 bridgehead atoms. The molecule has 1 aliphatic rings. The van der Waals surface area contributed by atoms with E-state index in [2.05, 4.69) is 34.2 Å². The SMILES string of the molecule is Cn1cc(-c2cc(N3CCC(C)(N)CC3)c3c(C#N)cnn3c2)cn1. The summed E-state index contributed by atoms with van der Waals surface area (Å²) in [5.41, 5.74) is 10.7. The summed E-state index contributed by atoms with van der Waals surface area (Å²) in [7, 11) is 1.90. The minimum atomic E-state index is -0.119. The van der Waals surface area contributed by atoms with Crippen molar-refractivity contribution in [3.63, 3.8) is 0 Å².